The molecule has 41 atom stereocenters. The fraction of sp³-hybridized carbons (Fsp3) is 0.889. The Morgan fingerprint density at radius 3 is 0.465 bits per heavy atom. The molecule has 0 aromatic rings. The average molecular weight is 2020 g/mol. The number of ether oxygens (including phenoxy) is 16. The topological polar surface area (TPSA) is 787 Å². The molecule has 30 aliphatic heterocycles. The van der Waals surface area contributed by atoms with E-state index in [-0.39, 0.29) is 46.0 Å². The molecule has 0 unspecified atom stereocenters. The zero-order valence-electron chi connectivity index (χ0n) is 68.3. The summed E-state index contributed by atoms with van der Waals surface area (Å²) in [6.45, 7) is 0. The third-order valence-corrected chi connectivity index (χ3v) is 30.3. The molecule has 0 saturated carbocycles. The molecule has 0 amide bonds. The highest BCUT2D eigenvalue weighted by molar-refractivity contribution is 8.00. The second kappa shape index (κ2) is 52.7. The SMILES string of the molecule is O=C(O)CCSC[C@H]1O[C@@H]2O[C@H]3[C@H](O)[C@@H](O)[C@@H](O[C@H]4[C@H](O)[C@@H](O)[C@@H](O[C@H]5[C@H](O)[C@@H](O)[C@@H](O[C@H]6[C@H](O)[C@@H](O)[C@@H](O[C@H]7[C@H](O)[C@@H](O)[C@@H](O[C@H]8[C@H](O)[C@@H](O)[C@@H](O[C@H]9[C@H](O)[C@@H](O)[C@@H](O[C@H]1[C@H](O)[C@H]2O)O[C@@H]9CSCCC(=O)O)O[C@@H]8CSCCC(=O)O)O[C@@H]7CSCCC(=O)O)O[C@@H]6C[S@](=O)CCC(=O)O)O[C@@H]5CSCCC(=O)O)O[C@@H]4CSCCC(=O)O)O[C@@H]3CSCCC(=O)O. The smallest absolute Gasteiger partial charge is 0.304 e. The largest absolute Gasteiger partial charge is 0.481 e. The van der Waals surface area contributed by atoms with Crippen LogP contribution in [0.25, 0.3) is 0 Å². The minimum Gasteiger partial charge on any atom is -0.481 e. The zero-order chi connectivity index (χ0) is 94.5. The Hall–Kier alpha value is -2.92. The Morgan fingerprint density at radius 2 is 0.326 bits per heavy atom. The van der Waals surface area contributed by atoms with E-state index in [1.807, 2.05) is 0 Å². The van der Waals surface area contributed by atoms with Gasteiger partial charge in [-0.15, -0.1) is 0 Å². The highest BCUT2D eigenvalue weighted by Crippen LogP contribution is 2.43. The van der Waals surface area contributed by atoms with Gasteiger partial charge in [-0.25, -0.2) is 0 Å². The van der Waals surface area contributed by atoms with Crippen molar-refractivity contribution in [3.8, 4) is 0 Å². The summed E-state index contributed by atoms with van der Waals surface area (Å²) in [4.78, 5) is 94.4. The van der Waals surface area contributed by atoms with Gasteiger partial charge in [-0.1, -0.05) is 0 Å². The number of aliphatic hydroxyl groups is 16. The lowest BCUT2D eigenvalue weighted by Crippen LogP contribution is -2.69. The van der Waals surface area contributed by atoms with Crippen LogP contribution in [0.5, 0.6) is 0 Å². The Bertz CT molecular complexity index is 3450. The number of aliphatic carboxylic acids is 8. The molecule has 742 valence electrons. The molecule has 0 radical (unpaired) electrons. The maximum atomic E-state index is 13.9. The lowest BCUT2D eigenvalue weighted by atomic mass is 9.95. The standard InChI is InChI=1S/C72H112O49S8/c73-33(74)1-9-122-17-25-57-41(89)49(97)65(106-25)115-58-26(18-123-10-2-34(75)76)108-67(51(99)43(58)91)117-60-28(20-125-12-4-36(79)80)110-69(53(101)45(60)93)119-62-30(22-127-14-6-38(83)84)112-71(55(103)47(62)95)121-64-32(24-129(105)16-8-40(87)88)113-72(56(104)48(64)96)120-63-31(23-128-15-7-39(85)86)111-70(54(102)46(63)94)118-61-29(21-126-13-5-37(81)82)109-68(52(100)44(61)92)116-59-27(19-124-11-3-35(77)78)107-66(114-57)50(98)42(59)90/h25-32,41-72,89-104H,1-24H2,(H,73,74)(H,75,76)(H,77,78)(H,79,80)(H,81,82)(H,83,84)(H,85,86)(H,87,88)/t25-,26-,27-,28-,29-,30-,31-,32-,41-,42-,43-,44-,45-,46-,47-,48-,49-,50-,51-,52-,53-,54-,55-,56-,57-,58-,59-,60-,61-,62-,63-,64-,65-,66-,67-,68-,69-,70-,71-,72-,129-/m1/s1. The number of carboxylic acids is 8. The molecule has 129 heavy (non-hydrogen) atoms. The molecular weight excluding hydrogens is 1910 g/mol. The first-order chi connectivity index (χ1) is 61.1. The number of carbonyl (C=O) groups is 8. The van der Waals surface area contributed by atoms with Crippen molar-refractivity contribution in [1.82, 2.24) is 0 Å². The van der Waals surface area contributed by atoms with Crippen molar-refractivity contribution < 1.29 is 241 Å². The molecule has 16 bridgehead atoms. The van der Waals surface area contributed by atoms with Crippen molar-refractivity contribution >= 4 is 141 Å². The van der Waals surface area contributed by atoms with Crippen molar-refractivity contribution in [2.45, 2.75) is 297 Å². The van der Waals surface area contributed by atoms with Crippen LogP contribution in [0.3, 0.4) is 0 Å². The van der Waals surface area contributed by atoms with Gasteiger partial charge in [0.2, 0.25) is 0 Å². The molecule has 0 aliphatic carbocycles. The van der Waals surface area contributed by atoms with Gasteiger partial charge in [0.15, 0.2) is 50.3 Å². The van der Waals surface area contributed by atoms with Crippen LogP contribution in [0, 0.1) is 0 Å². The van der Waals surface area contributed by atoms with Crippen LogP contribution < -0.4 is 0 Å². The Kier molecular flexibility index (Phi) is 44.9. The van der Waals surface area contributed by atoms with Gasteiger partial charge in [0, 0.05) is 97.1 Å². The highest BCUT2D eigenvalue weighted by atomic mass is 32.2. The first-order valence-corrected chi connectivity index (χ1v) is 50.2. The van der Waals surface area contributed by atoms with E-state index in [4.69, 9.17) is 75.8 Å². The van der Waals surface area contributed by atoms with Crippen LogP contribution in [0.1, 0.15) is 51.4 Å². The summed E-state index contributed by atoms with van der Waals surface area (Å²) in [7, 11) is -2.31. The number of hydrogen-bond acceptors (Lipinski definition) is 48. The minimum absolute atomic E-state index is 0.166. The summed E-state index contributed by atoms with van der Waals surface area (Å²) >= 11 is 6.02. The summed E-state index contributed by atoms with van der Waals surface area (Å²) in [5.41, 5.74) is 0. The van der Waals surface area contributed by atoms with Gasteiger partial charge in [0.25, 0.3) is 0 Å². The molecule has 57 heteroatoms. The number of hydrogen-bond donors (Lipinski definition) is 24. The van der Waals surface area contributed by atoms with Crippen molar-refractivity contribution in [1.29, 1.82) is 0 Å². The normalized spacial score (nSPS) is 41.5. The van der Waals surface area contributed by atoms with E-state index >= 15 is 0 Å². The summed E-state index contributed by atoms with van der Waals surface area (Å²) in [6, 6.07) is 0. The van der Waals surface area contributed by atoms with Gasteiger partial charge in [-0.3, -0.25) is 42.6 Å². The van der Waals surface area contributed by atoms with Gasteiger partial charge in [-0.2, -0.15) is 82.3 Å². The van der Waals surface area contributed by atoms with Crippen molar-refractivity contribution in [2.75, 3.05) is 92.0 Å². The molecule has 0 spiro atoms. The van der Waals surface area contributed by atoms with Crippen LogP contribution >= 0.6 is 82.3 Å². The first-order valence-electron chi connectivity index (χ1n) is 40.6. The highest BCUT2D eigenvalue weighted by Gasteiger charge is 2.61. The van der Waals surface area contributed by atoms with Gasteiger partial charge in [0.1, 0.15) is 153 Å². The second-order valence-electron chi connectivity index (χ2n) is 31.0. The lowest BCUT2D eigenvalue weighted by molar-refractivity contribution is -0.396. The maximum absolute atomic E-state index is 13.9. The minimum atomic E-state index is -2.42. The fourth-order valence-corrected chi connectivity index (χ4v) is 22.9. The molecule has 30 heterocycles. The lowest BCUT2D eigenvalue weighted by Gasteiger charge is -2.51. The van der Waals surface area contributed by atoms with E-state index in [0.717, 1.165) is 82.3 Å². The van der Waals surface area contributed by atoms with Gasteiger partial charge < -0.3 is 198 Å². The monoisotopic (exact) mass is 2020 g/mol. The van der Waals surface area contributed by atoms with E-state index < -0.39 is 402 Å². The summed E-state index contributed by atoms with van der Waals surface area (Å²) < 4.78 is 114. The van der Waals surface area contributed by atoms with Crippen LogP contribution in [0.2, 0.25) is 0 Å². The Morgan fingerprint density at radius 1 is 0.194 bits per heavy atom. The fourth-order valence-electron chi connectivity index (χ4n) is 14.8. The Labute approximate surface area is 766 Å². The average Bonchev–Trinajstić information content (AvgIpc) is 0.769. The summed E-state index contributed by atoms with van der Waals surface area (Å²) in [5.74, 6) is -15.9. The third-order valence-electron chi connectivity index (χ3n) is 21.5. The van der Waals surface area contributed by atoms with Gasteiger partial charge in [-0.05, 0) is 0 Å². The van der Waals surface area contributed by atoms with E-state index in [0.29, 0.717) is 0 Å². The quantitative estimate of drug-likeness (QED) is 0.0253. The maximum Gasteiger partial charge on any atom is 0.304 e. The van der Waals surface area contributed by atoms with E-state index in [1.54, 1.807) is 0 Å². The molecule has 30 aliphatic rings. The second-order valence-corrected chi connectivity index (χ2v) is 40.7. The third kappa shape index (κ3) is 31.0. The summed E-state index contributed by atoms with van der Waals surface area (Å²) in [6.07, 6.45) is -88.2. The molecule has 24 N–H and O–H groups in total. The number of rotatable bonds is 40. The summed E-state index contributed by atoms with van der Waals surface area (Å²) in [5, 5.41) is 272. The van der Waals surface area contributed by atoms with E-state index in [1.165, 1.54) is 0 Å². The van der Waals surface area contributed by atoms with Crippen LogP contribution in [0.4, 0.5) is 0 Å². The van der Waals surface area contributed by atoms with Crippen LogP contribution in [0.15, 0.2) is 0 Å². The van der Waals surface area contributed by atoms with E-state index in [2.05, 4.69) is 0 Å². The predicted octanol–water partition coefficient (Wildman–Crippen LogP) is -8.67. The number of aliphatic hydroxyl groups excluding tert-OH is 16. The molecule has 0 aromatic carbocycles. The van der Waals surface area contributed by atoms with Crippen molar-refractivity contribution in [2.24, 2.45) is 0 Å². The van der Waals surface area contributed by atoms with Crippen LogP contribution in [-0.2, 0) is 125 Å². The Balaban J connectivity index is 1.12. The molecule has 49 nitrogen and oxygen atoms in total. The number of carboxylic acid groups (broad SMARTS) is 8. The zero-order valence-corrected chi connectivity index (χ0v) is 74.8. The van der Waals surface area contributed by atoms with Crippen molar-refractivity contribution in [3.05, 3.63) is 0 Å². The predicted molar refractivity (Wildman–Crippen MR) is 442 cm³/mol. The van der Waals surface area contributed by atoms with Crippen LogP contribution in [-0.4, -0.2) is 512 Å². The van der Waals surface area contributed by atoms with E-state index in [9.17, 15) is 165 Å². The van der Waals surface area contributed by atoms with Gasteiger partial charge in [0.05, 0.1) is 99.8 Å². The van der Waals surface area contributed by atoms with Gasteiger partial charge >= 0.3 is 47.8 Å². The van der Waals surface area contributed by atoms with Crippen molar-refractivity contribution in [3.63, 3.8) is 0 Å². The first kappa shape index (κ1) is 110. The molecule has 30 fully saturated rings. The number of thioether (sulfide) groups is 7. The molecule has 30 rings (SSSR count). The molecular formula is C72H112O49S8. The molecule has 0 aromatic heterocycles. The molecule has 30 saturated heterocycles.